The summed E-state index contributed by atoms with van der Waals surface area (Å²) in [4.78, 5) is 39.9. The van der Waals surface area contributed by atoms with Crippen LogP contribution in [0.3, 0.4) is 0 Å². The molecule has 0 aliphatic rings. The van der Waals surface area contributed by atoms with Crippen LogP contribution < -0.4 is 5.32 Å². The number of nitrogens with one attached hydrogen (secondary N) is 1. The lowest BCUT2D eigenvalue weighted by Crippen LogP contribution is -2.27. The molecule has 10 heteroatoms. The van der Waals surface area contributed by atoms with E-state index in [-0.39, 0.29) is 28.0 Å². The fourth-order valence-electron chi connectivity index (χ4n) is 2.06. The molecule has 2 rings (SSSR count). The standard InChI is InChI=1S/C16H20N4O5S/c1-6-24-13(22)12-9(7-20(5)19-12)11-10(8-21)26-14(17-11)18-15(23)25-16(2,3)4/h7-8H,6H2,1-5H3,(H,17,18,23). The summed E-state index contributed by atoms with van der Waals surface area (Å²) in [5.74, 6) is -0.616. The van der Waals surface area contributed by atoms with Gasteiger partial charge < -0.3 is 9.47 Å². The van der Waals surface area contributed by atoms with Crippen molar-refractivity contribution in [3.8, 4) is 11.3 Å². The van der Waals surface area contributed by atoms with E-state index < -0.39 is 17.7 Å². The Morgan fingerprint density at radius 2 is 2.08 bits per heavy atom. The summed E-state index contributed by atoms with van der Waals surface area (Å²) in [5.41, 5.74) is -0.0294. The Hall–Kier alpha value is -2.75. The first-order valence-electron chi connectivity index (χ1n) is 7.81. The first kappa shape index (κ1) is 19.6. The molecule has 1 amide bonds. The third kappa shape index (κ3) is 4.66. The second-order valence-electron chi connectivity index (χ2n) is 6.26. The van der Waals surface area contributed by atoms with Gasteiger partial charge in [0.2, 0.25) is 0 Å². The van der Waals surface area contributed by atoms with Crippen molar-refractivity contribution in [1.29, 1.82) is 0 Å². The van der Waals surface area contributed by atoms with Crippen LogP contribution in [0.2, 0.25) is 0 Å². The summed E-state index contributed by atoms with van der Waals surface area (Å²) in [5, 5.41) is 6.74. The molecule has 0 aromatic carbocycles. The van der Waals surface area contributed by atoms with Crippen LogP contribution in [0, 0.1) is 0 Å². The van der Waals surface area contributed by atoms with Gasteiger partial charge in [-0.05, 0) is 27.7 Å². The number of thiazole rings is 1. The van der Waals surface area contributed by atoms with Crippen LogP contribution in [0.4, 0.5) is 9.93 Å². The van der Waals surface area contributed by atoms with E-state index in [9.17, 15) is 14.4 Å². The molecule has 0 bridgehead atoms. The Labute approximate surface area is 154 Å². The second-order valence-corrected chi connectivity index (χ2v) is 7.29. The number of nitrogens with zero attached hydrogens (tertiary/aromatic N) is 3. The minimum atomic E-state index is -0.688. The van der Waals surface area contributed by atoms with Gasteiger partial charge in [-0.1, -0.05) is 11.3 Å². The first-order valence-corrected chi connectivity index (χ1v) is 8.63. The second kappa shape index (κ2) is 7.65. The highest BCUT2D eigenvalue weighted by atomic mass is 32.1. The Balaban J connectivity index is 2.37. The molecular formula is C16H20N4O5S. The summed E-state index contributed by atoms with van der Waals surface area (Å²) >= 11 is 0.971. The van der Waals surface area contributed by atoms with Crippen molar-refractivity contribution in [3.63, 3.8) is 0 Å². The lowest BCUT2D eigenvalue weighted by molar-refractivity contribution is 0.0518. The minimum absolute atomic E-state index is 0.0477. The van der Waals surface area contributed by atoms with E-state index >= 15 is 0 Å². The van der Waals surface area contributed by atoms with E-state index in [0.717, 1.165) is 11.3 Å². The van der Waals surface area contributed by atoms with Crippen LogP contribution in [0.15, 0.2) is 6.20 Å². The molecule has 1 N–H and O–H groups in total. The first-order chi connectivity index (χ1) is 12.1. The van der Waals surface area contributed by atoms with Gasteiger partial charge in [-0.2, -0.15) is 5.10 Å². The van der Waals surface area contributed by atoms with Crippen LogP contribution in [0.25, 0.3) is 11.3 Å². The average molecular weight is 380 g/mol. The van der Waals surface area contributed by atoms with Crippen molar-refractivity contribution in [1.82, 2.24) is 14.8 Å². The number of carbonyl (C=O) groups is 3. The molecule has 140 valence electrons. The maximum absolute atomic E-state index is 12.1. The maximum atomic E-state index is 12.1. The minimum Gasteiger partial charge on any atom is -0.461 e. The Bertz CT molecular complexity index is 834. The number of aldehydes is 1. The highest BCUT2D eigenvalue weighted by molar-refractivity contribution is 7.17. The highest BCUT2D eigenvalue weighted by Gasteiger charge is 2.25. The number of ether oxygens (including phenoxy) is 2. The zero-order valence-electron chi connectivity index (χ0n) is 15.2. The average Bonchev–Trinajstić information content (AvgIpc) is 3.08. The van der Waals surface area contributed by atoms with Crippen LogP contribution in [0.5, 0.6) is 0 Å². The molecule has 0 aliphatic carbocycles. The van der Waals surface area contributed by atoms with Crippen molar-refractivity contribution in [2.24, 2.45) is 7.05 Å². The van der Waals surface area contributed by atoms with Crippen molar-refractivity contribution in [3.05, 3.63) is 16.8 Å². The van der Waals surface area contributed by atoms with E-state index in [2.05, 4.69) is 15.4 Å². The monoisotopic (exact) mass is 380 g/mol. The number of rotatable bonds is 5. The van der Waals surface area contributed by atoms with Crippen LogP contribution >= 0.6 is 11.3 Å². The quantitative estimate of drug-likeness (QED) is 0.627. The summed E-state index contributed by atoms with van der Waals surface area (Å²) in [6.45, 7) is 7.08. The van der Waals surface area contributed by atoms with Gasteiger partial charge in [0.15, 0.2) is 17.1 Å². The number of aryl methyl sites for hydroxylation is 1. The lowest BCUT2D eigenvalue weighted by atomic mass is 10.1. The molecule has 0 atom stereocenters. The number of aromatic nitrogens is 3. The normalized spacial score (nSPS) is 11.1. The molecule has 9 nitrogen and oxygen atoms in total. The molecule has 0 unspecified atom stereocenters. The lowest BCUT2D eigenvalue weighted by Gasteiger charge is -2.18. The smallest absolute Gasteiger partial charge is 0.413 e. The molecule has 0 saturated carbocycles. The van der Waals surface area contributed by atoms with E-state index in [0.29, 0.717) is 11.8 Å². The molecule has 26 heavy (non-hydrogen) atoms. The molecule has 0 saturated heterocycles. The van der Waals surface area contributed by atoms with Crippen LogP contribution in [0.1, 0.15) is 47.9 Å². The van der Waals surface area contributed by atoms with Gasteiger partial charge in [-0.3, -0.25) is 14.8 Å². The Kier molecular flexibility index (Phi) is 5.76. The topological polar surface area (TPSA) is 112 Å². The molecule has 2 aromatic heterocycles. The molecule has 0 fully saturated rings. The number of amides is 1. The van der Waals surface area contributed by atoms with Gasteiger partial charge in [-0.25, -0.2) is 14.6 Å². The summed E-state index contributed by atoms with van der Waals surface area (Å²) in [7, 11) is 1.64. The molecule has 0 aliphatic heterocycles. The SMILES string of the molecule is CCOC(=O)c1nn(C)cc1-c1nc(NC(=O)OC(C)(C)C)sc1C=O. The predicted molar refractivity (Wildman–Crippen MR) is 95.5 cm³/mol. The van der Waals surface area contributed by atoms with E-state index in [1.807, 2.05) is 0 Å². The molecule has 2 heterocycles. The van der Waals surface area contributed by atoms with Gasteiger partial charge in [0.05, 0.1) is 22.7 Å². The number of carbonyl (C=O) groups excluding carboxylic acids is 3. The van der Waals surface area contributed by atoms with Gasteiger partial charge >= 0.3 is 12.1 Å². The molecule has 0 radical (unpaired) electrons. The highest BCUT2D eigenvalue weighted by Crippen LogP contribution is 2.32. The predicted octanol–water partition coefficient (Wildman–Crippen LogP) is 2.88. The Morgan fingerprint density at radius 1 is 1.38 bits per heavy atom. The fraction of sp³-hybridized carbons (Fsp3) is 0.438. The van der Waals surface area contributed by atoms with Crippen molar-refractivity contribution >= 4 is 34.8 Å². The van der Waals surface area contributed by atoms with Crippen molar-refractivity contribution in [2.75, 3.05) is 11.9 Å². The maximum Gasteiger partial charge on any atom is 0.413 e. The van der Waals surface area contributed by atoms with Gasteiger partial charge in [0.1, 0.15) is 5.60 Å². The fourth-order valence-corrected chi connectivity index (χ4v) is 2.84. The van der Waals surface area contributed by atoms with Gasteiger partial charge in [0, 0.05) is 13.2 Å². The number of esters is 1. The number of hydrogen-bond donors (Lipinski definition) is 1. The van der Waals surface area contributed by atoms with Crippen molar-refractivity contribution < 1.29 is 23.9 Å². The van der Waals surface area contributed by atoms with Gasteiger partial charge in [0.25, 0.3) is 0 Å². The summed E-state index contributed by atoms with van der Waals surface area (Å²) in [6.07, 6.45) is 1.48. The van der Waals surface area contributed by atoms with E-state index in [1.54, 1.807) is 40.9 Å². The van der Waals surface area contributed by atoms with Crippen molar-refractivity contribution in [2.45, 2.75) is 33.3 Å². The third-order valence-electron chi connectivity index (χ3n) is 2.92. The molecule has 2 aromatic rings. The largest absolute Gasteiger partial charge is 0.461 e. The zero-order chi connectivity index (χ0) is 19.5. The number of anilines is 1. The van der Waals surface area contributed by atoms with Crippen LogP contribution in [-0.2, 0) is 16.5 Å². The van der Waals surface area contributed by atoms with E-state index in [4.69, 9.17) is 9.47 Å². The number of hydrogen-bond acceptors (Lipinski definition) is 8. The summed E-state index contributed by atoms with van der Waals surface area (Å²) < 4.78 is 11.6. The molecular weight excluding hydrogens is 360 g/mol. The molecule has 0 spiro atoms. The van der Waals surface area contributed by atoms with E-state index in [1.165, 1.54) is 4.68 Å². The Morgan fingerprint density at radius 3 is 2.65 bits per heavy atom. The zero-order valence-corrected chi connectivity index (χ0v) is 16.0. The summed E-state index contributed by atoms with van der Waals surface area (Å²) in [6, 6.07) is 0. The van der Waals surface area contributed by atoms with Gasteiger partial charge in [-0.15, -0.1) is 0 Å². The third-order valence-corrected chi connectivity index (χ3v) is 3.82. The van der Waals surface area contributed by atoms with Crippen LogP contribution in [-0.4, -0.2) is 45.3 Å².